The molecule has 1 amide bonds. The van der Waals surface area contributed by atoms with Gasteiger partial charge in [-0.15, -0.1) is 0 Å². The lowest BCUT2D eigenvalue weighted by Crippen LogP contribution is -2.54. The molecule has 1 saturated heterocycles. The van der Waals surface area contributed by atoms with E-state index in [1.807, 2.05) is 18.7 Å². The molecule has 0 aliphatic carbocycles. The molecular formula is C12H22N4O. The van der Waals surface area contributed by atoms with Crippen LogP contribution in [0.15, 0.2) is 0 Å². The van der Waals surface area contributed by atoms with Crippen molar-refractivity contribution in [3.8, 4) is 6.07 Å². The van der Waals surface area contributed by atoms with Crippen molar-refractivity contribution in [3.63, 3.8) is 0 Å². The van der Waals surface area contributed by atoms with Gasteiger partial charge in [0, 0.05) is 39.1 Å². The summed E-state index contributed by atoms with van der Waals surface area (Å²) in [6.45, 7) is 7.87. The van der Waals surface area contributed by atoms with Crippen molar-refractivity contribution in [2.45, 2.75) is 26.3 Å². The predicted octanol–water partition coefficient (Wildman–Crippen LogP) is 0.0276. The van der Waals surface area contributed by atoms with E-state index in [1.165, 1.54) is 0 Å². The second-order valence-electron chi connectivity index (χ2n) is 4.84. The van der Waals surface area contributed by atoms with Gasteiger partial charge in [-0.2, -0.15) is 5.26 Å². The topological polar surface area (TPSA) is 73.4 Å². The fraction of sp³-hybridized carbons (Fsp3) is 0.833. The van der Waals surface area contributed by atoms with Crippen molar-refractivity contribution in [3.05, 3.63) is 0 Å². The van der Waals surface area contributed by atoms with Crippen molar-refractivity contribution in [1.29, 1.82) is 5.26 Å². The molecule has 17 heavy (non-hydrogen) atoms. The van der Waals surface area contributed by atoms with E-state index >= 15 is 0 Å². The quantitative estimate of drug-likeness (QED) is 0.750. The molecule has 0 aromatic carbocycles. The average molecular weight is 238 g/mol. The first-order valence-corrected chi connectivity index (χ1v) is 6.20. The molecule has 5 nitrogen and oxygen atoms in total. The number of piperazine rings is 1. The van der Waals surface area contributed by atoms with Gasteiger partial charge in [-0.05, 0) is 5.92 Å². The molecule has 1 heterocycles. The smallest absolute Gasteiger partial charge is 0.239 e. The van der Waals surface area contributed by atoms with Gasteiger partial charge in [0.25, 0.3) is 0 Å². The average Bonchev–Trinajstić information content (AvgIpc) is 2.35. The van der Waals surface area contributed by atoms with Crippen molar-refractivity contribution in [2.75, 3.05) is 32.7 Å². The van der Waals surface area contributed by atoms with Crippen LogP contribution in [0.5, 0.6) is 0 Å². The van der Waals surface area contributed by atoms with Crippen LogP contribution >= 0.6 is 0 Å². The number of nitrogens with zero attached hydrogens (tertiary/aromatic N) is 3. The SMILES string of the molecule is CC(C)C(N)C(=O)N1CCN(CCC#N)CC1. The summed E-state index contributed by atoms with van der Waals surface area (Å²) < 4.78 is 0. The number of amides is 1. The highest BCUT2D eigenvalue weighted by atomic mass is 16.2. The molecule has 1 fully saturated rings. The standard InChI is InChI=1S/C12H22N4O/c1-10(2)11(14)12(17)16-8-6-15(7-9-16)5-3-4-13/h10-11H,3,5-9,14H2,1-2H3. The molecule has 1 aliphatic heterocycles. The third kappa shape index (κ3) is 3.99. The van der Waals surface area contributed by atoms with Crippen LogP contribution in [0.3, 0.4) is 0 Å². The lowest BCUT2D eigenvalue weighted by atomic mass is 10.0. The molecule has 2 N–H and O–H groups in total. The monoisotopic (exact) mass is 238 g/mol. The number of rotatable bonds is 4. The molecule has 1 unspecified atom stereocenters. The van der Waals surface area contributed by atoms with E-state index in [-0.39, 0.29) is 17.9 Å². The Hall–Kier alpha value is -1.12. The lowest BCUT2D eigenvalue weighted by Gasteiger charge is -2.36. The second-order valence-corrected chi connectivity index (χ2v) is 4.84. The van der Waals surface area contributed by atoms with Gasteiger partial charge in [-0.1, -0.05) is 13.8 Å². The summed E-state index contributed by atoms with van der Waals surface area (Å²) in [4.78, 5) is 16.0. The summed E-state index contributed by atoms with van der Waals surface area (Å²) in [5.74, 6) is 0.235. The van der Waals surface area contributed by atoms with Crippen LogP contribution in [-0.4, -0.2) is 54.5 Å². The maximum Gasteiger partial charge on any atom is 0.239 e. The maximum absolute atomic E-state index is 12.0. The summed E-state index contributed by atoms with van der Waals surface area (Å²) in [5.41, 5.74) is 5.86. The normalized spacial score (nSPS) is 19.1. The fourth-order valence-electron chi connectivity index (χ4n) is 1.90. The van der Waals surface area contributed by atoms with E-state index < -0.39 is 0 Å². The van der Waals surface area contributed by atoms with Gasteiger partial charge in [0.05, 0.1) is 12.1 Å². The Morgan fingerprint density at radius 1 is 1.35 bits per heavy atom. The Kier molecular flexibility index (Phi) is 5.39. The highest BCUT2D eigenvalue weighted by molar-refractivity contribution is 5.82. The zero-order chi connectivity index (χ0) is 12.8. The van der Waals surface area contributed by atoms with Crippen LogP contribution in [0.25, 0.3) is 0 Å². The summed E-state index contributed by atoms with van der Waals surface area (Å²) in [7, 11) is 0. The minimum absolute atomic E-state index is 0.0555. The Bertz CT molecular complexity index is 289. The first kappa shape index (κ1) is 13.9. The van der Waals surface area contributed by atoms with Gasteiger partial charge in [0.1, 0.15) is 0 Å². The van der Waals surface area contributed by atoms with Crippen molar-refractivity contribution >= 4 is 5.91 Å². The molecule has 0 spiro atoms. The molecule has 1 atom stereocenters. The summed E-state index contributed by atoms with van der Waals surface area (Å²) in [6, 6.07) is 1.75. The Morgan fingerprint density at radius 3 is 2.41 bits per heavy atom. The summed E-state index contributed by atoms with van der Waals surface area (Å²) in [5, 5.41) is 8.51. The van der Waals surface area contributed by atoms with Crippen LogP contribution in [0.1, 0.15) is 20.3 Å². The van der Waals surface area contributed by atoms with E-state index in [0.717, 1.165) is 32.7 Å². The minimum atomic E-state index is -0.388. The van der Waals surface area contributed by atoms with Gasteiger partial charge in [-0.25, -0.2) is 0 Å². The van der Waals surface area contributed by atoms with Crippen LogP contribution in [-0.2, 0) is 4.79 Å². The predicted molar refractivity (Wildman–Crippen MR) is 66.1 cm³/mol. The van der Waals surface area contributed by atoms with Crippen LogP contribution in [0, 0.1) is 17.2 Å². The van der Waals surface area contributed by atoms with Gasteiger partial charge in [0.2, 0.25) is 5.91 Å². The number of nitriles is 1. The Balaban J connectivity index is 2.36. The third-order valence-electron chi connectivity index (χ3n) is 3.23. The Morgan fingerprint density at radius 2 is 1.94 bits per heavy atom. The fourth-order valence-corrected chi connectivity index (χ4v) is 1.90. The highest BCUT2D eigenvalue weighted by Crippen LogP contribution is 2.07. The molecule has 1 rings (SSSR count). The molecule has 0 bridgehead atoms. The molecule has 0 radical (unpaired) electrons. The second kappa shape index (κ2) is 6.58. The van der Waals surface area contributed by atoms with Gasteiger partial charge in [0.15, 0.2) is 0 Å². The molecule has 1 aliphatic rings. The summed E-state index contributed by atoms with van der Waals surface area (Å²) >= 11 is 0. The largest absolute Gasteiger partial charge is 0.339 e. The zero-order valence-electron chi connectivity index (χ0n) is 10.7. The number of nitrogens with two attached hydrogens (primary N) is 1. The molecule has 5 heteroatoms. The third-order valence-corrected chi connectivity index (χ3v) is 3.23. The van der Waals surface area contributed by atoms with E-state index in [2.05, 4.69) is 11.0 Å². The van der Waals surface area contributed by atoms with Crippen LogP contribution in [0.2, 0.25) is 0 Å². The Labute approximate surface area is 103 Å². The van der Waals surface area contributed by atoms with E-state index in [1.54, 1.807) is 0 Å². The number of hydrogen-bond donors (Lipinski definition) is 1. The first-order valence-electron chi connectivity index (χ1n) is 6.20. The van der Waals surface area contributed by atoms with Gasteiger partial charge in [-0.3, -0.25) is 9.69 Å². The summed E-state index contributed by atoms with van der Waals surface area (Å²) in [6.07, 6.45) is 0.555. The first-order chi connectivity index (χ1) is 8.06. The van der Waals surface area contributed by atoms with Crippen LogP contribution in [0.4, 0.5) is 0 Å². The molecule has 0 aromatic rings. The van der Waals surface area contributed by atoms with Crippen molar-refractivity contribution < 1.29 is 4.79 Å². The van der Waals surface area contributed by atoms with E-state index in [4.69, 9.17) is 11.0 Å². The van der Waals surface area contributed by atoms with Crippen LogP contribution < -0.4 is 5.73 Å². The molecule has 96 valence electrons. The minimum Gasteiger partial charge on any atom is -0.339 e. The maximum atomic E-state index is 12.0. The van der Waals surface area contributed by atoms with Crippen molar-refractivity contribution in [2.24, 2.45) is 11.7 Å². The van der Waals surface area contributed by atoms with Gasteiger partial charge < -0.3 is 10.6 Å². The van der Waals surface area contributed by atoms with E-state index in [0.29, 0.717) is 6.42 Å². The van der Waals surface area contributed by atoms with E-state index in [9.17, 15) is 4.79 Å². The number of hydrogen-bond acceptors (Lipinski definition) is 4. The number of carbonyl (C=O) groups is 1. The van der Waals surface area contributed by atoms with Crippen molar-refractivity contribution in [1.82, 2.24) is 9.80 Å². The van der Waals surface area contributed by atoms with Gasteiger partial charge >= 0.3 is 0 Å². The molecule has 0 aromatic heterocycles. The molecular weight excluding hydrogens is 216 g/mol. The zero-order valence-corrected chi connectivity index (χ0v) is 10.7. The lowest BCUT2D eigenvalue weighted by molar-refractivity contribution is -0.135. The number of carbonyl (C=O) groups excluding carboxylic acids is 1. The highest BCUT2D eigenvalue weighted by Gasteiger charge is 2.26. The molecule has 0 saturated carbocycles.